The van der Waals surface area contributed by atoms with Crippen LogP contribution in [0.5, 0.6) is 0 Å². The summed E-state index contributed by atoms with van der Waals surface area (Å²) in [7, 11) is 0. The molecule has 0 aromatic heterocycles. The smallest absolute Gasteiger partial charge is 0.410 e. The molecule has 2 saturated carbocycles. The Balaban J connectivity index is 0. The lowest BCUT2D eigenvalue weighted by Crippen LogP contribution is -2.55. The van der Waals surface area contributed by atoms with Crippen LogP contribution in [0.3, 0.4) is 0 Å². The molecule has 1 amide bonds. The van der Waals surface area contributed by atoms with Gasteiger partial charge in [0, 0.05) is 42.7 Å². The monoisotopic (exact) mass is 665 g/mol. The zero-order valence-electron chi connectivity index (χ0n) is 33.6. The first kappa shape index (κ1) is 47.1. The Morgan fingerprint density at radius 3 is 1.79 bits per heavy atom. The maximum Gasteiger partial charge on any atom is 0.410 e. The standard InChI is InChI=1S/C30H50N2O5.C4H8.3C2H6/c1-9-22-15-24(33)20(4)25(34)18(2)16-29(6,7)17-19(3)26(35)21(5)27-30(22,8)37-28(36)32(27)14-10-13-31-23-11-12-23;1-4(2)3;3*1-2/h18-23,27,31H,9-17H2,1-8H3;1H2,2-3H3;3*1-2H3/t18-,19-,20?,21?,22+,27?,30-;;;;/m1..../s1. The normalized spacial score (nSPS) is 30.7. The third kappa shape index (κ3) is 14.6. The lowest BCUT2D eigenvalue weighted by Gasteiger charge is -2.41. The number of ketones is 3. The number of allylic oxidation sites excluding steroid dienone is 1. The molecule has 3 unspecified atom stereocenters. The Labute approximate surface area is 290 Å². The van der Waals surface area contributed by atoms with Crippen LogP contribution in [0.1, 0.15) is 156 Å². The minimum absolute atomic E-state index is 0.0350. The molecule has 7 heteroatoms. The summed E-state index contributed by atoms with van der Waals surface area (Å²) in [5.41, 5.74) is -0.0591. The SMILES string of the molecule is C=C(C)C.CC.CC.CC.CC[C@H]1CC(=O)C(C)C(=O)[C@H](C)CC(C)(C)C[C@@H](C)C(=O)C(C)C2N(CCCNC3CC3)C(=O)O[C@@]21C. The van der Waals surface area contributed by atoms with Crippen LogP contribution in [0.15, 0.2) is 12.2 Å². The summed E-state index contributed by atoms with van der Waals surface area (Å²) in [5, 5.41) is 3.50. The van der Waals surface area contributed by atoms with Crippen molar-refractivity contribution in [2.24, 2.45) is 35.0 Å². The summed E-state index contributed by atoms with van der Waals surface area (Å²) in [6.07, 6.45) is 4.85. The number of rotatable bonds is 6. The van der Waals surface area contributed by atoms with E-state index < -0.39 is 29.6 Å². The Bertz CT molecular complexity index is 968. The third-order valence-electron chi connectivity index (χ3n) is 9.32. The Kier molecular flexibility index (Phi) is 22.6. The summed E-state index contributed by atoms with van der Waals surface area (Å²) in [6, 6.07) is 0.141. The number of hydrogen-bond donors (Lipinski definition) is 1. The summed E-state index contributed by atoms with van der Waals surface area (Å²) in [5.74, 6) is -1.89. The predicted molar refractivity (Wildman–Crippen MR) is 199 cm³/mol. The third-order valence-corrected chi connectivity index (χ3v) is 9.32. The minimum Gasteiger partial charge on any atom is -0.441 e. The van der Waals surface area contributed by atoms with Crippen molar-refractivity contribution >= 4 is 23.4 Å². The first-order chi connectivity index (χ1) is 21.9. The van der Waals surface area contributed by atoms with E-state index in [1.54, 1.807) is 11.8 Å². The maximum absolute atomic E-state index is 13.9. The Morgan fingerprint density at radius 2 is 1.34 bits per heavy atom. The van der Waals surface area contributed by atoms with E-state index in [1.807, 2.05) is 90.0 Å². The lowest BCUT2D eigenvalue weighted by atomic mass is 9.68. The van der Waals surface area contributed by atoms with Gasteiger partial charge in [-0.1, -0.05) is 88.7 Å². The van der Waals surface area contributed by atoms with Gasteiger partial charge in [-0.25, -0.2) is 4.79 Å². The molecule has 3 aliphatic rings. The highest BCUT2D eigenvalue weighted by Gasteiger charge is 2.58. The van der Waals surface area contributed by atoms with Gasteiger partial charge in [0.25, 0.3) is 0 Å². The molecule has 1 N–H and O–H groups in total. The fourth-order valence-corrected chi connectivity index (χ4v) is 7.20. The zero-order valence-corrected chi connectivity index (χ0v) is 33.6. The summed E-state index contributed by atoms with van der Waals surface area (Å²) in [4.78, 5) is 55.6. The number of amides is 1. The van der Waals surface area contributed by atoms with E-state index in [4.69, 9.17) is 4.74 Å². The van der Waals surface area contributed by atoms with E-state index in [0.29, 0.717) is 31.8 Å². The summed E-state index contributed by atoms with van der Waals surface area (Å²) < 4.78 is 6.12. The van der Waals surface area contributed by atoms with E-state index in [-0.39, 0.29) is 46.9 Å². The molecule has 3 fully saturated rings. The van der Waals surface area contributed by atoms with Crippen molar-refractivity contribution in [2.45, 2.75) is 173 Å². The number of Topliss-reactive ketones (excluding diaryl/α,β-unsaturated/α-hetero) is 3. The highest BCUT2D eigenvalue weighted by molar-refractivity contribution is 6.03. The largest absolute Gasteiger partial charge is 0.441 e. The van der Waals surface area contributed by atoms with Crippen molar-refractivity contribution in [2.75, 3.05) is 13.1 Å². The van der Waals surface area contributed by atoms with E-state index in [9.17, 15) is 19.2 Å². The predicted octanol–water partition coefficient (Wildman–Crippen LogP) is 9.86. The van der Waals surface area contributed by atoms with Crippen molar-refractivity contribution in [3.63, 3.8) is 0 Å². The molecule has 47 heavy (non-hydrogen) atoms. The van der Waals surface area contributed by atoms with Gasteiger partial charge in [0.2, 0.25) is 0 Å². The van der Waals surface area contributed by atoms with Crippen LogP contribution in [-0.4, -0.2) is 59.1 Å². The average Bonchev–Trinajstić information content (AvgIpc) is 3.81. The Morgan fingerprint density at radius 1 is 0.872 bits per heavy atom. The number of nitrogens with one attached hydrogen (secondary N) is 1. The maximum atomic E-state index is 13.9. The molecule has 7 nitrogen and oxygen atoms in total. The highest BCUT2D eigenvalue weighted by Crippen LogP contribution is 2.45. The van der Waals surface area contributed by atoms with Gasteiger partial charge in [0.1, 0.15) is 23.0 Å². The molecule has 0 spiro atoms. The van der Waals surface area contributed by atoms with Crippen molar-refractivity contribution in [1.29, 1.82) is 0 Å². The molecule has 1 aliphatic heterocycles. The first-order valence-electron chi connectivity index (χ1n) is 18.9. The van der Waals surface area contributed by atoms with E-state index >= 15 is 0 Å². The number of hydrogen-bond acceptors (Lipinski definition) is 6. The second-order valence-corrected chi connectivity index (χ2v) is 14.4. The van der Waals surface area contributed by atoms with Crippen molar-refractivity contribution < 1.29 is 23.9 Å². The summed E-state index contributed by atoms with van der Waals surface area (Å²) >= 11 is 0. The van der Waals surface area contributed by atoms with Crippen LogP contribution in [0, 0.1) is 35.0 Å². The molecular formula is C40H76N2O5. The van der Waals surface area contributed by atoms with Gasteiger partial charge in [0.15, 0.2) is 0 Å². The van der Waals surface area contributed by atoms with Crippen LogP contribution in [0.2, 0.25) is 0 Å². The second kappa shape index (κ2) is 22.6. The minimum atomic E-state index is -0.992. The van der Waals surface area contributed by atoms with Gasteiger partial charge in [-0.3, -0.25) is 14.4 Å². The van der Waals surface area contributed by atoms with Gasteiger partial charge >= 0.3 is 6.09 Å². The molecule has 0 bridgehead atoms. The van der Waals surface area contributed by atoms with Gasteiger partial charge < -0.3 is 15.0 Å². The summed E-state index contributed by atoms with van der Waals surface area (Å²) in [6.45, 7) is 36.4. The van der Waals surface area contributed by atoms with Crippen molar-refractivity contribution in [3.8, 4) is 0 Å². The highest BCUT2D eigenvalue weighted by atomic mass is 16.6. The van der Waals surface area contributed by atoms with Gasteiger partial charge in [-0.2, -0.15) is 0 Å². The number of carbonyl (C=O) groups is 4. The molecule has 276 valence electrons. The van der Waals surface area contributed by atoms with Gasteiger partial charge in [-0.15, -0.1) is 6.58 Å². The van der Waals surface area contributed by atoms with Crippen LogP contribution < -0.4 is 5.32 Å². The zero-order chi connectivity index (χ0) is 37.3. The fourth-order valence-electron chi connectivity index (χ4n) is 7.20. The van der Waals surface area contributed by atoms with Crippen molar-refractivity contribution in [1.82, 2.24) is 10.2 Å². The molecule has 7 atom stereocenters. The quantitative estimate of drug-likeness (QED) is 0.173. The number of nitrogens with zero attached hydrogens (tertiary/aromatic N) is 1. The van der Waals surface area contributed by atoms with Gasteiger partial charge in [0.05, 0.1) is 12.0 Å². The Hall–Kier alpha value is -2.02. The lowest BCUT2D eigenvalue weighted by molar-refractivity contribution is -0.137. The molecule has 3 rings (SSSR count). The van der Waals surface area contributed by atoms with E-state index in [0.717, 1.165) is 13.0 Å². The number of ether oxygens (including phenoxy) is 1. The van der Waals surface area contributed by atoms with Gasteiger partial charge in [-0.05, 0) is 78.2 Å². The molecule has 1 heterocycles. The van der Waals surface area contributed by atoms with E-state index in [1.165, 1.54) is 18.4 Å². The molecule has 0 aromatic carbocycles. The topological polar surface area (TPSA) is 92.8 Å². The van der Waals surface area contributed by atoms with Crippen LogP contribution in [-0.2, 0) is 19.1 Å². The van der Waals surface area contributed by atoms with Crippen LogP contribution in [0.25, 0.3) is 0 Å². The molecule has 2 aliphatic carbocycles. The molecule has 1 saturated heterocycles. The number of carbonyl (C=O) groups excluding carboxylic acids is 4. The number of fused-ring (bicyclic) bond motifs is 1. The molecule has 0 aromatic rings. The second-order valence-electron chi connectivity index (χ2n) is 14.4. The molecule has 0 radical (unpaired) electrons. The van der Waals surface area contributed by atoms with Crippen molar-refractivity contribution in [3.05, 3.63) is 12.2 Å². The molecular weight excluding hydrogens is 588 g/mol. The fraction of sp³-hybridized carbons (Fsp3) is 0.850. The first-order valence-corrected chi connectivity index (χ1v) is 18.9. The van der Waals surface area contributed by atoms with Crippen LogP contribution in [0.4, 0.5) is 4.79 Å². The van der Waals surface area contributed by atoms with E-state index in [2.05, 4.69) is 25.7 Å². The average molecular weight is 665 g/mol. The van der Waals surface area contributed by atoms with Crippen LogP contribution >= 0.6 is 0 Å².